The first kappa shape index (κ1) is 22.5. The summed E-state index contributed by atoms with van der Waals surface area (Å²) in [6, 6.07) is 0. The van der Waals surface area contributed by atoms with Gasteiger partial charge < -0.3 is 5.11 Å². The Kier molecular flexibility index (Phi) is 4.82. The summed E-state index contributed by atoms with van der Waals surface area (Å²) in [6.07, 6.45) is 13.4. The second-order valence-corrected chi connectivity index (χ2v) is 14.7. The van der Waals surface area contributed by atoms with Crippen LogP contribution in [0.25, 0.3) is 0 Å². The highest BCUT2D eigenvalue weighted by Gasteiger charge is 2.70. The molecule has 1 N–H and O–H groups in total. The van der Waals surface area contributed by atoms with Crippen molar-refractivity contribution in [3.05, 3.63) is 12.2 Å². The zero-order chi connectivity index (χ0) is 22.6. The summed E-state index contributed by atoms with van der Waals surface area (Å²) in [5.41, 5.74) is 3.38. The molecular weight excluding hydrogens is 376 g/mol. The van der Waals surface area contributed by atoms with Crippen molar-refractivity contribution < 1.29 is 5.11 Å². The average Bonchev–Trinajstić information content (AvgIpc) is 3.04. The van der Waals surface area contributed by atoms with E-state index in [2.05, 4.69) is 55.0 Å². The van der Waals surface area contributed by atoms with Crippen LogP contribution in [0.4, 0.5) is 0 Å². The molecule has 0 spiro atoms. The predicted octanol–water partition coefficient (Wildman–Crippen LogP) is 8.02. The first-order valence-electron chi connectivity index (χ1n) is 13.6. The van der Waals surface area contributed by atoms with Crippen molar-refractivity contribution in [3.8, 4) is 0 Å². The molecule has 0 saturated heterocycles. The second-order valence-electron chi connectivity index (χ2n) is 14.7. The molecule has 0 amide bonds. The maximum atomic E-state index is 10.9. The molecule has 0 aromatic rings. The van der Waals surface area contributed by atoms with Gasteiger partial charge in [-0.05, 0) is 128 Å². The molecule has 10 atom stereocenters. The third-order valence-electron chi connectivity index (χ3n) is 13.5. The molecule has 0 radical (unpaired) electrons. The Balaban J connectivity index is 1.54. The maximum absolute atomic E-state index is 10.9. The molecule has 0 bridgehead atoms. The van der Waals surface area contributed by atoms with Crippen molar-refractivity contribution in [1.29, 1.82) is 0 Å². The fourth-order valence-corrected chi connectivity index (χ4v) is 11.5. The van der Waals surface area contributed by atoms with Gasteiger partial charge in [0.15, 0.2) is 0 Å². The molecule has 5 aliphatic rings. The van der Waals surface area contributed by atoms with E-state index in [-0.39, 0.29) is 11.5 Å². The minimum Gasteiger partial charge on any atom is -0.393 e. The number of aliphatic hydroxyl groups excluding tert-OH is 1. The minimum atomic E-state index is -0.118. The van der Waals surface area contributed by atoms with E-state index in [4.69, 9.17) is 0 Å². The Labute approximate surface area is 192 Å². The molecule has 31 heavy (non-hydrogen) atoms. The van der Waals surface area contributed by atoms with Gasteiger partial charge in [-0.15, -0.1) is 0 Å². The largest absolute Gasteiger partial charge is 0.393 e. The van der Waals surface area contributed by atoms with Crippen LogP contribution in [0.3, 0.4) is 0 Å². The quantitative estimate of drug-likeness (QED) is 0.421. The number of fused-ring (bicyclic) bond motifs is 7. The van der Waals surface area contributed by atoms with Gasteiger partial charge in [0.2, 0.25) is 0 Å². The van der Waals surface area contributed by atoms with Gasteiger partial charge >= 0.3 is 0 Å². The van der Waals surface area contributed by atoms with Crippen LogP contribution in [0.15, 0.2) is 12.2 Å². The van der Waals surface area contributed by atoms with Gasteiger partial charge in [0.1, 0.15) is 0 Å². The van der Waals surface area contributed by atoms with Crippen LogP contribution in [0.2, 0.25) is 0 Å². The van der Waals surface area contributed by atoms with Gasteiger partial charge in [0.25, 0.3) is 0 Å². The lowest BCUT2D eigenvalue weighted by Gasteiger charge is -2.73. The smallest absolute Gasteiger partial charge is 0.0594 e. The summed E-state index contributed by atoms with van der Waals surface area (Å²) >= 11 is 0. The molecule has 1 heteroatoms. The highest BCUT2D eigenvalue weighted by molar-refractivity contribution is 5.21. The summed E-state index contributed by atoms with van der Waals surface area (Å²) in [7, 11) is 0. The molecule has 176 valence electrons. The molecule has 0 aliphatic heterocycles. The summed E-state index contributed by atoms with van der Waals surface area (Å²) in [6.45, 7) is 22.3. The molecular formula is C30H50O. The van der Waals surface area contributed by atoms with Crippen LogP contribution < -0.4 is 0 Å². The summed E-state index contributed by atoms with van der Waals surface area (Å²) in [5.74, 6) is 3.98. The number of rotatable bonds is 1. The molecule has 5 aliphatic carbocycles. The standard InChI is InChI=1S/C30H50O/c1-19(2)20-11-14-27(5)17-18-29(7)21(25(20)27)9-10-23-28(6)15-13-24(31)26(3,4)22(28)12-16-30(23,29)8/h20-25,31H,1,9-18H2,2-8H3/t20-,21+,22-,23+,24-,25-,27+,28+,29+,30+/m0/s1. The SMILES string of the molecule is C=C(C)[C@@H]1CC[C@]2(C)CC[C@]3(C)[C@H](CC[C@@H]4[C@]5(C)CC[C@H](O)C(C)(C)[C@@H]5CC[C@]43C)[C@H]12. The van der Waals surface area contributed by atoms with E-state index < -0.39 is 0 Å². The monoisotopic (exact) mass is 426 g/mol. The Morgan fingerprint density at radius 3 is 2.13 bits per heavy atom. The highest BCUT2D eigenvalue weighted by Crippen LogP contribution is 2.77. The summed E-state index contributed by atoms with van der Waals surface area (Å²) in [5, 5.41) is 10.9. The van der Waals surface area contributed by atoms with Crippen molar-refractivity contribution in [2.24, 2.45) is 56.7 Å². The van der Waals surface area contributed by atoms with E-state index in [0.29, 0.717) is 27.6 Å². The van der Waals surface area contributed by atoms with E-state index in [0.717, 1.165) is 30.1 Å². The molecule has 0 aromatic carbocycles. The number of hydrogen-bond acceptors (Lipinski definition) is 1. The Bertz CT molecular complexity index is 766. The van der Waals surface area contributed by atoms with E-state index in [1.54, 1.807) is 0 Å². The Morgan fingerprint density at radius 1 is 0.742 bits per heavy atom. The Morgan fingerprint density at radius 2 is 1.45 bits per heavy atom. The topological polar surface area (TPSA) is 20.2 Å². The lowest BCUT2D eigenvalue weighted by atomic mass is 9.32. The summed E-state index contributed by atoms with van der Waals surface area (Å²) < 4.78 is 0. The van der Waals surface area contributed by atoms with Crippen molar-refractivity contribution >= 4 is 0 Å². The first-order chi connectivity index (χ1) is 14.3. The van der Waals surface area contributed by atoms with Gasteiger partial charge in [-0.3, -0.25) is 0 Å². The van der Waals surface area contributed by atoms with Crippen LogP contribution in [0.1, 0.15) is 113 Å². The lowest BCUT2D eigenvalue weighted by molar-refractivity contribution is -0.246. The number of allylic oxidation sites excluding steroid dienone is 1. The van der Waals surface area contributed by atoms with Crippen LogP contribution >= 0.6 is 0 Å². The average molecular weight is 427 g/mol. The van der Waals surface area contributed by atoms with E-state index in [1.807, 2.05) is 0 Å². The molecule has 0 unspecified atom stereocenters. The van der Waals surface area contributed by atoms with Gasteiger partial charge in [-0.25, -0.2) is 0 Å². The van der Waals surface area contributed by atoms with E-state index in [9.17, 15) is 5.11 Å². The molecule has 5 fully saturated rings. The summed E-state index contributed by atoms with van der Waals surface area (Å²) in [4.78, 5) is 0. The fourth-order valence-electron chi connectivity index (χ4n) is 11.5. The Hall–Kier alpha value is -0.300. The lowest BCUT2D eigenvalue weighted by Crippen LogP contribution is -2.66. The van der Waals surface area contributed by atoms with Crippen molar-refractivity contribution in [3.63, 3.8) is 0 Å². The zero-order valence-electron chi connectivity index (χ0n) is 21.7. The van der Waals surface area contributed by atoms with Gasteiger partial charge in [-0.1, -0.05) is 53.7 Å². The molecule has 0 heterocycles. The normalized spacial score (nSPS) is 57.9. The van der Waals surface area contributed by atoms with Crippen LogP contribution in [0, 0.1) is 56.7 Å². The van der Waals surface area contributed by atoms with Crippen molar-refractivity contribution in [1.82, 2.24) is 0 Å². The molecule has 0 aromatic heterocycles. The van der Waals surface area contributed by atoms with E-state index >= 15 is 0 Å². The molecule has 1 nitrogen and oxygen atoms in total. The van der Waals surface area contributed by atoms with Gasteiger partial charge in [-0.2, -0.15) is 0 Å². The second kappa shape index (κ2) is 6.64. The number of hydrogen-bond donors (Lipinski definition) is 1. The van der Waals surface area contributed by atoms with Gasteiger partial charge in [0, 0.05) is 0 Å². The molecule has 5 saturated carbocycles. The maximum Gasteiger partial charge on any atom is 0.0594 e. The van der Waals surface area contributed by atoms with Crippen molar-refractivity contribution in [2.45, 2.75) is 119 Å². The highest BCUT2D eigenvalue weighted by atomic mass is 16.3. The third-order valence-corrected chi connectivity index (χ3v) is 13.5. The fraction of sp³-hybridized carbons (Fsp3) is 0.933. The van der Waals surface area contributed by atoms with Crippen LogP contribution in [0.5, 0.6) is 0 Å². The first-order valence-corrected chi connectivity index (χ1v) is 13.6. The van der Waals surface area contributed by atoms with Crippen molar-refractivity contribution in [2.75, 3.05) is 0 Å². The van der Waals surface area contributed by atoms with E-state index in [1.165, 1.54) is 63.4 Å². The zero-order valence-corrected chi connectivity index (χ0v) is 21.7. The predicted molar refractivity (Wildman–Crippen MR) is 131 cm³/mol. The van der Waals surface area contributed by atoms with Gasteiger partial charge in [0.05, 0.1) is 6.10 Å². The van der Waals surface area contributed by atoms with Crippen LogP contribution in [-0.2, 0) is 0 Å². The minimum absolute atomic E-state index is 0.0632. The number of aliphatic hydroxyl groups is 1. The molecule has 5 rings (SSSR count). The van der Waals surface area contributed by atoms with Crippen LogP contribution in [-0.4, -0.2) is 11.2 Å². The third kappa shape index (κ3) is 2.65.